The van der Waals surface area contributed by atoms with Gasteiger partial charge in [0.05, 0.1) is 23.2 Å². The SMILES string of the molecule is CC(C)(C)OC(=O)N1CCC(C[S@@](=O)c2ncc(F)cn2)CC1. The Kier molecular flexibility index (Phi) is 5.67. The predicted molar refractivity (Wildman–Crippen MR) is 83.8 cm³/mol. The van der Waals surface area contributed by atoms with E-state index in [4.69, 9.17) is 4.74 Å². The summed E-state index contributed by atoms with van der Waals surface area (Å²) in [6, 6.07) is 0. The third kappa shape index (κ3) is 5.53. The molecule has 1 fully saturated rings. The van der Waals surface area contributed by atoms with Crippen molar-refractivity contribution in [2.75, 3.05) is 18.8 Å². The molecule has 2 rings (SSSR count). The number of nitrogens with zero attached hydrogens (tertiary/aromatic N) is 3. The maximum atomic E-state index is 12.8. The Morgan fingerprint density at radius 1 is 1.35 bits per heavy atom. The number of carbonyl (C=O) groups is 1. The molecule has 1 aliphatic rings. The molecule has 0 aromatic carbocycles. The van der Waals surface area contributed by atoms with Gasteiger partial charge in [-0.2, -0.15) is 0 Å². The standard InChI is InChI=1S/C15H22FN3O3S/c1-15(2,3)22-14(20)19-6-4-11(5-7-19)10-23(21)13-17-8-12(16)9-18-13/h8-9,11H,4-7,10H2,1-3H3/t23-/m1/s1. The van der Waals surface area contributed by atoms with E-state index in [9.17, 15) is 13.4 Å². The number of carbonyl (C=O) groups excluding carboxylic acids is 1. The summed E-state index contributed by atoms with van der Waals surface area (Å²) in [6.07, 6.45) is 3.24. The molecule has 1 aromatic heterocycles. The quantitative estimate of drug-likeness (QED) is 0.788. The maximum absolute atomic E-state index is 12.8. The van der Waals surface area contributed by atoms with Gasteiger partial charge < -0.3 is 9.64 Å². The Bertz CT molecular complexity index is 566. The van der Waals surface area contributed by atoms with Crippen LogP contribution in [0.15, 0.2) is 17.6 Å². The summed E-state index contributed by atoms with van der Waals surface area (Å²) in [7, 11) is -1.35. The number of piperidine rings is 1. The Hall–Kier alpha value is -1.57. The zero-order valence-electron chi connectivity index (χ0n) is 13.6. The van der Waals surface area contributed by atoms with Gasteiger partial charge in [-0.15, -0.1) is 0 Å². The minimum absolute atomic E-state index is 0.154. The van der Waals surface area contributed by atoms with Crippen molar-refractivity contribution in [2.45, 2.75) is 44.4 Å². The van der Waals surface area contributed by atoms with Crippen LogP contribution in [0.3, 0.4) is 0 Å². The van der Waals surface area contributed by atoms with Crippen LogP contribution in [0.4, 0.5) is 9.18 Å². The number of likely N-dealkylation sites (tertiary alicyclic amines) is 1. The van der Waals surface area contributed by atoms with Crippen molar-refractivity contribution in [2.24, 2.45) is 5.92 Å². The lowest BCUT2D eigenvalue weighted by Crippen LogP contribution is -2.42. The third-order valence-electron chi connectivity index (χ3n) is 3.45. The van der Waals surface area contributed by atoms with Gasteiger partial charge in [0.1, 0.15) is 5.60 Å². The van der Waals surface area contributed by atoms with Crippen LogP contribution in [-0.4, -0.2) is 49.6 Å². The second kappa shape index (κ2) is 7.33. The summed E-state index contributed by atoms with van der Waals surface area (Å²) in [6.45, 7) is 6.68. The fraction of sp³-hybridized carbons (Fsp3) is 0.667. The molecular weight excluding hydrogens is 321 g/mol. The number of ether oxygens (including phenoxy) is 1. The highest BCUT2D eigenvalue weighted by Crippen LogP contribution is 2.21. The Labute approximate surface area is 137 Å². The Morgan fingerprint density at radius 3 is 2.43 bits per heavy atom. The minimum atomic E-state index is -1.35. The molecule has 1 amide bonds. The first kappa shape index (κ1) is 17.8. The zero-order valence-corrected chi connectivity index (χ0v) is 14.4. The molecule has 0 radical (unpaired) electrons. The van der Waals surface area contributed by atoms with Gasteiger partial charge in [0, 0.05) is 18.8 Å². The van der Waals surface area contributed by atoms with Crippen LogP contribution >= 0.6 is 0 Å². The zero-order chi connectivity index (χ0) is 17.0. The van der Waals surface area contributed by atoms with Gasteiger partial charge >= 0.3 is 6.09 Å². The van der Waals surface area contributed by atoms with Gasteiger partial charge in [-0.05, 0) is 39.5 Å². The van der Waals surface area contributed by atoms with Crippen LogP contribution in [0.25, 0.3) is 0 Å². The largest absolute Gasteiger partial charge is 0.444 e. The van der Waals surface area contributed by atoms with Crippen molar-refractivity contribution in [3.63, 3.8) is 0 Å². The molecule has 0 bridgehead atoms. The van der Waals surface area contributed by atoms with E-state index in [0.29, 0.717) is 18.8 Å². The van der Waals surface area contributed by atoms with Crippen LogP contribution in [0.2, 0.25) is 0 Å². The van der Waals surface area contributed by atoms with E-state index in [1.807, 2.05) is 20.8 Å². The van der Waals surface area contributed by atoms with Crippen LogP contribution in [0, 0.1) is 11.7 Å². The van der Waals surface area contributed by atoms with Crippen molar-refractivity contribution in [1.29, 1.82) is 0 Å². The molecule has 1 aromatic rings. The fourth-order valence-corrected chi connectivity index (χ4v) is 3.57. The second-order valence-corrected chi connectivity index (χ2v) is 8.00. The van der Waals surface area contributed by atoms with E-state index in [1.54, 1.807) is 4.90 Å². The van der Waals surface area contributed by atoms with Crippen molar-refractivity contribution < 1.29 is 18.1 Å². The van der Waals surface area contributed by atoms with Gasteiger partial charge in [0.2, 0.25) is 5.16 Å². The van der Waals surface area contributed by atoms with Crippen LogP contribution < -0.4 is 0 Å². The van der Waals surface area contributed by atoms with E-state index < -0.39 is 22.2 Å². The first-order valence-electron chi connectivity index (χ1n) is 7.58. The molecule has 0 N–H and O–H groups in total. The molecule has 8 heteroatoms. The van der Waals surface area contributed by atoms with Gasteiger partial charge in [0.25, 0.3) is 0 Å². The van der Waals surface area contributed by atoms with Crippen molar-refractivity contribution in [3.8, 4) is 0 Å². The lowest BCUT2D eigenvalue weighted by molar-refractivity contribution is 0.0191. The molecule has 1 aliphatic heterocycles. The first-order valence-corrected chi connectivity index (χ1v) is 8.90. The molecule has 23 heavy (non-hydrogen) atoms. The summed E-state index contributed by atoms with van der Waals surface area (Å²) in [5.74, 6) is 0.105. The summed E-state index contributed by atoms with van der Waals surface area (Å²) in [5.41, 5.74) is -0.505. The highest BCUT2D eigenvalue weighted by atomic mass is 32.2. The molecule has 0 saturated carbocycles. The number of halogens is 1. The predicted octanol–water partition coefficient (Wildman–Crippen LogP) is 2.37. The van der Waals surface area contributed by atoms with Crippen molar-refractivity contribution in [3.05, 3.63) is 18.2 Å². The number of hydrogen-bond acceptors (Lipinski definition) is 5. The number of hydrogen-bond donors (Lipinski definition) is 0. The first-order chi connectivity index (χ1) is 10.7. The van der Waals surface area contributed by atoms with Crippen molar-refractivity contribution >= 4 is 16.9 Å². The molecule has 0 aliphatic carbocycles. The fourth-order valence-electron chi connectivity index (χ4n) is 2.32. The van der Waals surface area contributed by atoms with Gasteiger partial charge in [-0.1, -0.05) is 0 Å². The Balaban J connectivity index is 1.81. The molecule has 1 atom stereocenters. The summed E-state index contributed by atoms with van der Waals surface area (Å²) < 4.78 is 30.3. The lowest BCUT2D eigenvalue weighted by Gasteiger charge is -2.33. The van der Waals surface area contributed by atoms with Gasteiger partial charge in [0.15, 0.2) is 5.82 Å². The number of amides is 1. The maximum Gasteiger partial charge on any atom is 0.410 e. The molecule has 6 nitrogen and oxygen atoms in total. The average molecular weight is 343 g/mol. The second-order valence-electron chi connectivity index (χ2n) is 6.61. The molecule has 128 valence electrons. The lowest BCUT2D eigenvalue weighted by atomic mass is 9.99. The molecular formula is C15H22FN3O3S. The molecule has 0 unspecified atom stereocenters. The number of aromatic nitrogens is 2. The average Bonchev–Trinajstić information content (AvgIpc) is 2.46. The smallest absolute Gasteiger partial charge is 0.410 e. The monoisotopic (exact) mass is 343 g/mol. The van der Waals surface area contributed by atoms with Crippen molar-refractivity contribution in [1.82, 2.24) is 14.9 Å². The highest BCUT2D eigenvalue weighted by molar-refractivity contribution is 7.84. The van der Waals surface area contributed by atoms with E-state index in [-0.39, 0.29) is 17.2 Å². The van der Waals surface area contributed by atoms with Gasteiger partial charge in [-0.25, -0.2) is 19.2 Å². The topological polar surface area (TPSA) is 72.4 Å². The van der Waals surface area contributed by atoms with Crippen LogP contribution in [0.5, 0.6) is 0 Å². The minimum Gasteiger partial charge on any atom is -0.444 e. The third-order valence-corrected chi connectivity index (χ3v) is 4.85. The summed E-state index contributed by atoms with van der Waals surface area (Å²) in [4.78, 5) is 21.2. The summed E-state index contributed by atoms with van der Waals surface area (Å²) in [5, 5.41) is 0.154. The van der Waals surface area contributed by atoms with E-state index in [0.717, 1.165) is 25.2 Å². The van der Waals surface area contributed by atoms with E-state index >= 15 is 0 Å². The van der Waals surface area contributed by atoms with E-state index in [2.05, 4.69) is 9.97 Å². The molecule has 0 spiro atoms. The normalized spacial score (nSPS) is 17.8. The summed E-state index contributed by atoms with van der Waals surface area (Å²) >= 11 is 0. The molecule has 2 heterocycles. The highest BCUT2D eigenvalue weighted by Gasteiger charge is 2.28. The molecule has 1 saturated heterocycles. The van der Waals surface area contributed by atoms with E-state index in [1.165, 1.54) is 0 Å². The van der Waals surface area contributed by atoms with Gasteiger partial charge in [-0.3, -0.25) is 4.21 Å². The Morgan fingerprint density at radius 2 is 1.91 bits per heavy atom. The van der Waals surface area contributed by atoms with Crippen LogP contribution in [0.1, 0.15) is 33.6 Å². The number of rotatable bonds is 3. The van der Waals surface area contributed by atoms with Crippen LogP contribution in [-0.2, 0) is 15.5 Å².